The Morgan fingerprint density at radius 2 is 1.88 bits per heavy atom. The smallest absolute Gasteiger partial charge is 0.228 e. The minimum Gasteiger partial charge on any atom is -0.497 e. The van der Waals surface area contributed by atoms with E-state index in [4.69, 9.17) is 14.2 Å². The molecule has 2 atom stereocenters. The lowest BCUT2D eigenvalue weighted by Gasteiger charge is -2.11. The number of rotatable bonds is 9. The minimum absolute atomic E-state index is 0.0798. The highest BCUT2D eigenvalue weighted by atomic mass is 16.5. The Bertz CT molecular complexity index is 590. The predicted molar refractivity (Wildman–Crippen MR) is 89.3 cm³/mol. The van der Waals surface area contributed by atoms with Crippen molar-refractivity contribution in [1.82, 2.24) is 5.32 Å². The number of carbonyl (C=O) groups is 2. The van der Waals surface area contributed by atoms with Gasteiger partial charge in [0, 0.05) is 26.3 Å². The van der Waals surface area contributed by atoms with Gasteiger partial charge in [0.1, 0.15) is 11.5 Å². The van der Waals surface area contributed by atoms with Crippen LogP contribution in [0.25, 0.3) is 0 Å². The lowest BCUT2D eigenvalue weighted by atomic mass is 10.2. The predicted octanol–water partition coefficient (Wildman–Crippen LogP) is 1.43. The fraction of sp³-hybridized carbons (Fsp3) is 0.529. The maximum atomic E-state index is 12.3. The van der Waals surface area contributed by atoms with Crippen LogP contribution in [0.5, 0.6) is 11.5 Å². The standard InChI is InChI=1S/C17H24N2O5/c1-22-8-4-7-18-16(20)12-10-13(12)17(21)19-14-9-11(23-2)5-6-15(14)24-3/h5-6,9,12-13H,4,7-8,10H2,1-3H3,(H,18,20)(H,19,21). The van der Waals surface area contributed by atoms with Crippen LogP contribution in [0.2, 0.25) is 0 Å². The van der Waals surface area contributed by atoms with E-state index in [1.807, 2.05) is 0 Å². The van der Waals surface area contributed by atoms with Crippen LogP contribution in [0, 0.1) is 11.8 Å². The molecule has 0 bridgehead atoms. The van der Waals surface area contributed by atoms with Crippen LogP contribution in [-0.4, -0.2) is 46.3 Å². The molecule has 1 aromatic carbocycles. The maximum absolute atomic E-state index is 12.3. The van der Waals surface area contributed by atoms with Gasteiger partial charge in [0.05, 0.1) is 31.7 Å². The van der Waals surface area contributed by atoms with E-state index in [-0.39, 0.29) is 23.7 Å². The lowest BCUT2D eigenvalue weighted by Crippen LogP contribution is -2.28. The van der Waals surface area contributed by atoms with Crippen LogP contribution in [0.1, 0.15) is 12.8 Å². The van der Waals surface area contributed by atoms with Crippen molar-refractivity contribution < 1.29 is 23.8 Å². The van der Waals surface area contributed by atoms with Gasteiger partial charge in [-0.2, -0.15) is 0 Å². The fourth-order valence-electron chi connectivity index (χ4n) is 2.47. The molecule has 0 spiro atoms. The summed E-state index contributed by atoms with van der Waals surface area (Å²) in [7, 11) is 4.71. The first-order valence-electron chi connectivity index (χ1n) is 7.90. The molecule has 0 heterocycles. The fourth-order valence-corrected chi connectivity index (χ4v) is 2.47. The van der Waals surface area contributed by atoms with Crippen molar-refractivity contribution in [3.05, 3.63) is 18.2 Å². The highest BCUT2D eigenvalue weighted by molar-refractivity contribution is 6.00. The van der Waals surface area contributed by atoms with Gasteiger partial charge < -0.3 is 24.8 Å². The Morgan fingerprint density at radius 1 is 1.12 bits per heavy atom. The van der Waals surface area contributed by atoms with Gasteiger partial charge >= 0.3 is 0 Å². The molecule has 0 aliphatic heterocycles. The number of nitrogens with one attached hydrogen (secondary N) is 2. The van der Waals surface area contributed by atoms with Crippen LogP contribution >= 0.6 is 0 Å². The second-order valence-corrected chi connectivity index (χ2v) is 5.64. The molecule has 0 aromatic heterocycles. The summed E-state index contributed by atoms with van der Waals surface area (Å²) in [6.07, 6.45) is 1.32. The zero-order valence-electron chi connectivity index (χ0n) is 14.3. The van der Waals surface area contributed by atoms with Gasteiger partial charge in [0.25, 0.3) is 0 Å². The van der Waals surface area contributed by atoms with Crippen molar-refractivity contribution in [3.63, 3.8) is 0 Å². The third-order valence-electron chi connectivity index (χ3n) is 3.95. The zero-order valence-corrected chi connectivity index (χ0v) is 14.3. The summed E-state index contributed by atoms with van der Waals surface area (Å²) in [5.74, 6) is 0.342. The summed E-state index contributed by atoms with van der Waals surface area (Å²) in [6, 6.07) is 5.17. The van der Waals surface area contributed by atoms with Crippen molar-refractivity contribution in [2.45, 2.75) is 12.8 Å². The molecule has 1 saturated carbocycles. The van der Waals surface area contributed by atoms with E-state index in [1.165, 1.54) is 7.11 Å². The molecule has 2 N–H and O–H groups in total. The Labute approximate surface area is 141 Å². The Balaban J connectivity index is 1.87. The van der Waals surface area contributed by atoms with Gasteiger partial charge in [-0.1, -0.05) is 0 Å². The summed E-state index contributed by atoms with van der Waals surface area (Å²) in [5, 5.41) is 5.64. The Kier molecular flexibility index (Phi) is 6.43. The number of anilines is 1. The molecule has 2 amide bonds. The van der Waals surface area contributed by atoms with Gasteiger partial charge in [0.2, 0.25) is 11.8 Å². The number of amides is 2. The van der Waals surface area contributed by atoms with E-state index >= 15 is 0 Å². The monoisotopic (exact) mass is 336 g/mol. The van der Waals surface area contributed by atoms with Gasteiger partial charge in [-0.15, -0.1) is 0 Å². The second kappa shape index (κ2) is 8.54. The van der Waals surface area contributed by atoms with Gasteiger partial charge in [-0.05, 0) is 25.0 Å². The van der Waals surface area contributed by atoms with Crippen molar-refractivity contribution in [3.8, 4) is 11.5 Å². The van der Waals surface area contributed by atoms with Crippen molar-refractivity contribution in [1.29, 1.82) is 0 Å². The van der Waals surface area contributed by atoms with Crippen LogP contribution in [-0.2, 0) is 14.3 Å². The molecule has 1 aliphatic carbocycles. The average Bonchev–Trinajstić information content (AvgIpc) is 3.39. The van der Waals surface area contributed by atoms with Crippen molar-refractivity contribution in [2.75, 3.05) is 39.8 Å². The van der Waals surface area contributed by atoms with Crippen LogP contribution in [0.3, 0.4) is 0 Å². The molecule has 24 heavy (non-hydrogen) atoms. The SMILES string of the molecule is COCCCNC(=O)C1CC1C(=O)Nc1cc(OC)ccc1OC. The maximum Gasteiger partial charge on any atom is 0.228 e. The number of methoxy groups -OCH3 is 3. The average molecular weight is 336 g/mol. The van der Waals surface area contributed by atoms with E-state index in [2.05, 4.69) is 10.6 Å². The molecule has 2 rings (SSSR count). The molecule has 7 heteroatoms. The van der Waals surface area contributed by atoms with Crippen molar-refractivity contribution in [2.24, 2.45) is 11.8 Å². The normalized spacial score (nSPS) is 18.6. The third kappa shape index (κ3) is 4.61. The molecule has 2 unspecified atom stereocenters. The van der Waals surface area contributed by atoms with Crippen molar-refractivity contribution >= 4 is 17.5 Å². The molecule has 1 aliphatic rings. The van der Waals surface area contributed by atoms with Gasteiger partial charge in [-0.25, -0.2) is 0 Å². The Morgan fingerprint density at radius 3 is 2.54 bits per heavy atom. The first kappa shape index (κ1) is 18.1. The molecule has 7 nitrogen and oxygen atoms in total. The molecule has 1 fully saturated rings. The molecular formula is C17H24N2O5. The van der Waals surface area contributed by atoms with E-state index in [1.54, 1.807) is 32.4 Å². The quantitative estimate of drug-likeness (QED) is 0.666. The molecule has 132 valence electrons. The largest absolute Gasteiger partial charge is 0.497 e. The summed E-state index contributed by atoms with van der Waals surface area (Å²) < 4.78 is 15.3. The summed E-state index contributed by atoms with van der Waals surface area (Å²) >= 11 is 0. The van der Waals surface area contributed by atoms with Crippen LogP contribution < -0.4 is 20.1 Å². The highest BCUT2D eigenvalue weighted by Gasteiger charge is 2.48. The van der Waals surface area contributed by atoms with E-state index in [0.717, 1.165) is 6.42 Å². The molecule has 1 aromatic rings. The number of ether oxygens (including phenoxy) is 3. The number of carbonyl (C=O) groups excluding carboxylic acids is 2. The number of benzene rings is 1. The van der Waals surface area contributed by atoms with E-state index in [9.17, 15) is 9.59 Å². The molecule has 0 saturated heterocycles. The zero-order chi connectivity index (χ0) is 17.5. The number of hydrogen-bond donors (Lipinski definition) is 2. The lowest BCUT2D eigenvalue weighted by molar-refractivity contribution is -0.125. The molecular weight excluding hydrogens is 312 g/mol. The summed E-state index contributed by atoms with van der Waals surface area (Å²) in [4.78, 5) is 24.3. The third-order valence-corrected chi connectivity index (χ3v) is 3.95. The number of hydrogen-bond acceptors (Lipinski definition) is 5. The minimum atomic E-state index is -0.302. The van der Waals surface area contributed by atoms with Gasteiger partial charge in [0.15, 0.2) is 0 Å². The summed E-state index contributed by atoms with van der Waals surface area (Å²) in [5.41, 5.74) is 0.535. The first-order chi connectivity index (χ1) is 11.6. The van der Waals surface area contributed by atoms with Crippen LogP contribution in [0.15, 0.2) is 18.2 Å². The Hall–Kier alpha value is -2.28. The summed E-state index contributed by atoms with van der Waals surface area (Å²) in [6.45, 7) is 1.16. The second-order valence-electron chi connectivity index (χ2n) is 5.64. The topological polar surface area (TPSA) is 85.9 Å². The first-order valence-corrected chi connectivity index (χ1v) is 7.90. The van der Waals surface area contributed by atoms with E-state index < -0.39 is 0 Å². The van der Waals surface area contributed by atoms with Gasteiger partial charge in [-0.3, -0.25) is 9.59 Å². The molecule has 0 radical (unpaired) electrons. The van der Waals surface area contributed by atoms with Crippen LogP contribution in [0.4, 0.5) is 5.69 Å². The highest BCUT2D eigenvalue weighted by Crippen LogP contribution is 2.40. The van der Waals surface area contributed by atoms with E-state index in [0.29, 0.717) is 36.8 Å².